The maximum absolute atomic E-state index is 6.08. The third-order valence-electron chi connectivity index (χ3n) is 1.69. The van der Waals surface area contributed by atoms with Gasteiger partial charge in [-0.2, -0.15) is 0 Å². The van der Waals surface area contributed by atoms with Gasteiger partial charge in [0.2, 0.25) is 6.49 Å². The Morgan fingerprint density at radius 2 is 2.20 bits per heavy atom. The average molecular weight is 287 g/mol. The van der Waals surface area contributed by atoms with Crippen molar-refractivity contribution in [3.8, 4) is 5.88 Å². The van der Waals surface area contributed by atoms with Crippen molar-refractivity contribution in [2.24, 2.45) is 7.05 Å². The van der Waals surface area contributed by atoms with E-state index in [4.69, 9.17) is 32.5 Å². The molecule has 0 fully saturated rings. The Balaban J connectivity index is 3.02. The molecule has 1 heterocycles. The van der Waals surface area contributed by atoms with Crippen LogP contribution in [0.1, 0.15) is 0 Å². The summed E-state index contributed by atoms with van der Waals surface area (Å²) in [5, 5.41) is 5.47. The highest BCUT2D eigenvalue weighted by Gasteiger charge is 2.20. The van der Waals surface area contributed by atoms with E-state index in [1.807, 2.05) is 6.26 Å². The van der Waals surface area contributed by atoms with Crippen LogP contribution in [-0.2, 0) is 23.4 Å². The molecule has 0 saturated carbocycles. The highest BCUT2D eigenvalue weighted by molar-refractivity contribution is 8.09. The number of rotatable bonds is 4. The summed E-state index contributed by atoms with van der Waals surface area (Å²) in [6, 6.07) is 0. The zero-order chi connectivity index (χ0) is 11.6. The first-order chi connectivity index (χ1) is 6.91. The molecule has 1 unspecified atom stereocenters. The summed E-state index contributed by atoms with van der Waals surface area (Å²) in [6.07, 6.45) is 1.92. The highest BCUT2D eigenvalue weighted by atomic mass is 35.5. The number of aromatic nitrogens is 2. The van der Waals surface area contributed by atoms with Crippen molar-refractivity contribution in [3.05, 3.63) is 5.02 Å². The molecule has 4 nitrogen and oxygen atoms in total. The smallest absolute Gasteiger partial charge is 0.258 e. The van der Waals surface area contributed by atoms with Gasteiger partial charge in [-0.25, -0.2) is 0 Å². The molecule has 1 rings (SSSR count). The second kappa shape index (κ2) is 5.06. The molecule has 0 aromatic carbocycles. The topological polar surface area (TPSA) is 36.3 Å². The first kappa shape index (κ1) is 13.3. The quantitative estimate of drug-likeness (QED) is 0.628. The van der Waals surface area contributed by atoms with Crippen LogP contribution >= 0.6 is 29.9 Å². The van der Waals surface area contributed by atoms with Gasteiger partial charge in [0, 0.05) is 20.8 Å². The van der Waals surface area contributed by atoms with Crippen LogP contribution in [0.25, 0.3) is 0 Å². The zero-order valence-corrected chi connectivity index (χ0v) is 12.1. The number of nitrogens with zero attached hydrogens (tertiary/aromatic N) is 2. The lowest BCUT2D eigenvalue weighted by Crippen LogP contribution is -1.95. The van der Waals surface area contributed by atoms with Gasteiger partial charge >= 0.3 is 0 Å². The molecule has 0 aliphatic heterocycles. The van der Waals surface area contributed by atoms with Crippen molar-refractivity contribution < 1.29 is 9.05 Å². The van der Waals surface area contributed by atoms with Crippen LogP contribution in [0.3, 0.4) is 0 Å². The van der Waals surface area contributed by atoms with Crippen molar-refractivity contribution in [1.82, 2.24) is 9.78 Å². The molecule has 0 aliphatic carbocycles. The second-order valence-electron chi connectivity index (χ2n) is 2.80. The van der Waals surface area contributed by atoms with E-state index in [0.717, 1.165) is 5.03 Å². The summed E-state index contributed by atoms with van der Waals surface area (Å²) in [5.41, 5.74) is 0. The number of hydrogen-bond acceptors (Lipinski definition) is 5. The van der Waals surface area contributed by atoms with Crippen LogP contribution in [0, 0.1) is 0 Å². The van der Waals surface area contributed by atoms with Crippen LogP contribution < -0.4 is 4.52 Å². The standard InChI is InChI=1S/C7H12ClN2O2PS2/c1-10-7(15-4)5(8)6(9-10)12-13(3,14)11-2/h1-4H3. The molecule has 1 aromatic rings. The van der Waals surface area contributed by atoms with Crippen molar-refractivity contribution in [2.75, 3.05) is 20.0 Å². The fourth-order valence-electron chi connectivity index (χ4n) is 0.933. The Bertz CT molecular complexity index is 410. The molecule has 1 atom stereocenters. The van der Waals surface area contributed by atoms with Crippen LogP contribution in [0.4, 0.5) is 0 Å². The van der Waals surface area contributed by atoms with Gasteiger partial charge in [-0.05, 0) is 18.1 Å². The summed E-state index contributed by atoms with van der Waals surface area (Å²) in [6.45, 7) is -0.547. The molecular formula is C7H12ClN2O2PS2. The van der Waals surface area contributed by atoms with E-state index in [-0.39, 0.29) is 0 Å². The fraction of sp³-hybridized carbons (Fsp3) is 0.571. The fourth-order valence-corrected chi connectivity index (χ4v) is 2.72. The lowest BCUT2D eigenvalue weighted by Gasteiger charge is -2.13. The number of aryl methyl sites for hydroxylation is 1. The van der Waals surface area contributed by atoms with E-state index in [1.165, 1.54) is 18.9 Å². The molecule has 15 heavy (non-hydrogen) atoms. The van der Waals surface area contributed by atoms with Gasteiger partial charge in [-0.3, -0.25) is 4.68 Å². The second-order valence-corrected chi connectivity index (χ2v) is 8.05. The summed E-state index contributed by atoms with van der Waals surface area (Å²) in [7, 11) is 3.32. The molecule has 8 heteroatoms. The van der Waals surface area contributed by atoms with Gasteiger partial charge < -0.3 is 9.05 Å². The third-order valence-corrected chi connectivity index (χ3v) is 4.83. The molecule has 1 aromatic heterocycles. The lowest BCUT2D eigenvalue weighted by molar-refractivity contribution is 0.391. The molecule has 86 valence electrons. The number of hydrogen-bond donors (Lipinski definition) is 0. The minimum Gasteiger partial charge on any atom is -0.423 e. The van der Waals surface area contributed by atoms with E-state index in [0.29, 0.717) is 10.9 Å². The van der Waals surface area contributed by atoms with Gasteiger partial charge in [0.15, 0.2) is 0 Å². The Labute approximate surface area is 103 Å². The molecule has 0 saturated heterocycles. The third kappa shape index (κ3) is 3.11. The van der Waals surface area contributed by atoms with E-state index in [2.05, 4.69) is 5.10 Å². The molecule has 0 bridgehead atoms. The molecule has 0 aliphatic rings. The first-order valence-corrected chi connectivity index (χ1v) is 8.69. The SMILES string of the molecule is COP(C)(=S)Oc1nn(C)c(SC)c1Cl. The molecular weight excluding hydrogens is 275 g/mol. The van der Waals surface area contributed by atoms with E-state index >= 15 is 0 Å². The minimum absolute atomic E-state index is 0.344. The van der Waals surface area contributed by atoms with Crippen LogP contribution in [0.2, 0.25) is 5.02 Å². The van der Waals surface area contributed by atoms with Gasteiger partial charge in [-0.15, -0.1) is 16.9 Å². The molecule has 0 radical (unpaired) electrons. The monoisotopic (exact) mass is 286 g/mol. The number of halogens is 1. The largest absolute Gasteiger partial charge is 0.423 e. The summed E-state index contributed by atoms with van der Waals surface area (Å²) >= 11 is 12.7. The number of thioether (sulfide) groups is 1. The van der Waals surface area contributed by atoms with Gasteiger partial charge in [0.1, 0.15) is 10.0 Å². The average Bonchev–Trinajstić information content (AvgIpc) is 2.41. The van der Waals surface area contributed by atoms with Crippen molar-refractivity contribution in [1.29, 1.82) is 0 Å². The van der Waals surface area contributed by atoms with Crippen molar-refractivity contribution >= 4 is 41.7 Å². The Kier molecular flexibility index (Phi) is 4.50. The van der Waals surface area contributed by atoms with E-state index in [9.17, 15) is 0 Å². The Hall–Kier alpha value is 0.260. The van der Waals surface area contributed by atoms with Crippen molar-refractivity contribution in [2.45, 2.75) is 5.03 Å². The maximum Gasteiger partial charge on any atom is 0.258 e. The first-order valence-electron chi connectivity index (χ1n) is 4.00. The van der Waals surface area contributed by atoms with Gasteiger partial charge in [0.25, 0.3) is 5.88 Å². The molecule has 0 amide bonds. The molecule has 0 N–H and O–H groups in total. The summed E-state index contributed by atoms with van der Waals surface area (Å²) < 4.78 is 12.2. The lowest BCUT2D eigenvalue weighted by atomic mass is 10.7. The Morgan fingerprint density at radius 3 is 2.60 bits per heavy atom. The summed E-state index contributed by atoms with van der Waals surface area (Å²) in [4.78, 5) is 0. The predicted octanol–water partition coefficient (Wildman–Crippen LogP) is 2.76. The minimum atomic E-state index is -2.28. The van der Waals surface area contributed by atoms with Crippen LogP contribution in [0.15, 0.2) is 5.03 Å². The predicted molar refractivity (Wildman–Crippen MR) is 67.8 cm³/mol. The summed E-state index contributed by atoms with van der Waals surface area (Å²) in [5.74, 6) is 0.344. The van der Waals surface area contributed by atoms with E-state index in [1.54, 1.807) is 18.4 Å². The van der Waals surface area contributed by atoms with Gasteiger partial charge in [0.05, 0.1) is 0 Å². The van der Waals surface area contributed by atoms with Gasteiger partial charge in [-0.1, -0.05) is 11.6 Å². The maximum atomic E-state index is 6.08. The van der Waals surface area contributed by atoms with Crippen LogP contribution in [-0.4, -0.2) is 29.8 Å². The molecule has 0 spiro atoms. The highest BCUT2D eigenvalue weighted by Crippen LogP contribution is 2.46. The van der Waals surface area contributed by atoms with Crippen LogP contribution in [0.5, 0.6) is 5.88 Å². The Morgan fingerprint density at radius 1 is 1.60 bits per heavy atom. The normalized spacial score (nSPS) is 15.0. The van der Waals surface area contributed by atoms with E-state index < -0.39 is 6.49 Å². The zero-order valence-electron chi connectivity index (χ0n) is 8.85. The van der Waals surface area contributed by atoms with Crippen molar-refractivity contribution in [3.63, 3.8) is 0 Å².